The van der Waals surface area contributed by atoms with Crippen molar-refractivity contribution >= 4 is 5.96 Å². The lowest BCUT2D eigenvalue weighted by Crippen LogP contribution is -2.43. The zero-order chi connectivity index (χ0) is 23.5. The van der Waals surface area contributed by atoms with E-state index in [1.165, 1.54) is 11.3 Å². The van der Waals surface area contributed by atoms with Crippen LogP contribution in [0.5, 0.6) is 5.75 Å². The Morgan fingerprint density at radius 3 is 2.41 bits per heavy atom. The number of benzene rings is 1. The van der Waals surface area contributed by atoms with Gasteiger partial charge < -0.3 is 20.3 Å². The molecule has 0 aliphatic heterocycles. The molecule has 0 amide bonds. The second-order valence-corrected chi connectivity index (χ2v) is 8.24. The molecule has 1 aromatic heterocycles. The molecule has 0 spiro atoms. The lowest BCUT2D eigenvalue weighted by Gasteiger charge is -2.18. The molecule has 1 atom stereocenters. The maximum atomic E-state index is 5.88. The molecule has 7 nitrogen and oxygen atoms in total. The number of ether oxygens (including phenoxy) is 1. The minimum atomic E-state index is 0.246. The molecule has 0 saturated carbocycles. The van der Waals surface area contributed by atoms with Crippen molar-refractivity contribution in [3.8, 4) is 5.75 Å². The summed E-state index contributed by atoms with van der Waals surface area (Å²) in [5, 5.41) is 11.4. The quantitative estimate of drug-likeness (QED) is 0.389. The van der Waals surface area contributed by atoms with Crippen LogP contribution in [0.4, 0.5) is 0 Å². The Bertz CT molecular complexity index is 839. The third-order valence-corrected chi connectivity index (χ3v) is 5.81. The van der Waals surface area contributed by atoms with E-state index in [4.69, 9.17) is 9.73 Å². The van der Waals surface area contributed by atoms with Crippen LogP contribution in [0.15, 0.2) is 29.3 Å². The lowest BCUT2D eigenvalue weighted by atomic mass is 10.1. The van der Waals surface area contributed by atoms with E-state index >= 15 is 0 Å². The first-order chi connectivity index (χ1) is 15.4. The van der Waals surface area contributed by atoms with E-state index in [2.05, 4.69) is 74.3 Å². The highest BCUT2D eigenvalue weighted by molar-refractivity contribution is 5.80. The monoisotopic (exact) mass is 442 g/mol. The van der Waals surface area contributed by atoms with E-state index < -0.39 is 0 Å². The number of nitrogens with one attached hydrogen (secondary N) is 2. The Morgan fingerprint density at radius 2 is 1.84 bits per heavy atom. The molecule has 32 heavy (non-hydrogen) atoms. The van der Waals surface area contributed by atoms with E-state index in [1.54, 1.807) is 0 Å². The number of likely N-dealkylation sites (N-methyl/N-ethyl adjacent to an activating group) is 1. The Balaban J connectivity index is 1.90. The smallest absolute Gasteiger partial charge is 0.191 e. The van der Waals surface area contributed by atoms with E-state index in [1.807, 2.05) is 23.9 Å². The van der Waals surface area contributed by atoms with Gasteiger partial charge in [0.1, 0.15) is 12.4 Å². The molecule has 7 heteroatoms. The van der Waals surface area contributed by atoms with Crippen LogP contribution in [0, 0.1) is 13.8 Å². The van der Waals surface area contributed by atoms with Crippen LogP contribution < -0.4 is 15.4 Å². The van der Waals surface area contributed by atoms with Crippen molar-refractivity contribution in [3.63, 3.8) is 0 Å². The molecule has 2 aromatic rings. The predicted octanol–water partition coefficient (Wildman–Crippen LogP) is 3.44. The highest BCUT2D eigenvalue weighted by Crippen LogP contribution is 2.15. The molecular weight excluding hydrogens is 400 g/mol. The summed E-state index contributed by atoms with van der Waals surface area (Å²) in [4.78, 5) is 7.14. The molecule has 1 aromatic carbocycles. The van der Waals surface area contributed by atoms with Gasteiger partial charge in [0.25, 0.3) is 0 Å². The summed E-state index contributed by atoms with van der Waals surface area (Å²) in [6, 6.07) is 8.49. The van der Waals surface area contributed by atoms with E-state index in [0.717, 1.165) is 55.6 Å². The van der Waals surface area contributed by atoms with Gasteiger partial charge in [-0.15, -0.1) is 0 Å². The second kappa shape index (κ2) is 13.1. The third kappa shape index (κ3) is 7.86. The summed E-state index contributed by atoms with van der Waals surface area (Å²) in [6.45, 7) is 18.0. The Morgan fingerprint density at radius 1 is 1.16 bits per heavy atom. The van der Waals surface area contributed by atoms with Crippen molar-refractivity contribution in [2.45, 2.75) is 60.5 Å². The predicted molar refractivity (Wildman–Crippen MR) is 134 cm³/mol. The van der Waals surface area contributed by atoms with Gasteiger partial charge in [-0.1, -0.05) is 26.0 Å². The molecule has 0 aliphatic carbocycles. The number of nitrogens with zero attached hydrogens (tertiary/aromatic N) is 4. The van der Waals surface area contributed by atoms with Gasteiger partial charge in [0, 0.05) is 31.9 Å². The molecule has 0 radical (unpaired) electrons. The lowest BCUT2D eigenvalue weighted by molar-refractivity contribution is 0.223. The van der Waals surface area contributed by atoms with Crippen molar-refractivity contribution < 1.29 is 4.74 Å². The maximum Gasteiger partial charge on any atom is 0.191 e. The molecule has 0 fully saturated rings. The van der Waals surface area contributed by atoms with Gasteiger partial charge in [-0.2, -0.15) is 5.10 Å². The van der Waals surface area contributed by atoms with Crippen LogP contribution in [-0.2, 0) is 20.0 Å². The van der Waals surface area contributed by atoms with Crippen molar-refractivity contribution in [2.75, 3.05) is 32.8 Å². The molecule has 0 bridgehead atoms. The number of rotatable bonds is 12. The third-order valence-electron chi connectivity index (χ3n) is 5.81. The van der Waals surface area contributed by atoms with Crippen LogP contribution >= 0.6 is 0 Å². The molecule has 2 rings (SSSR count). The molecule has 1 heterocycles. The highest BCUT2D eigenvalue weighted by Gasteiger charge is 2.14. The van der Waals surface area contributed by atoms with Crippen LogP contribution in [0.3, 0.4) is 0 Å². The fraction of sp³-hybridized carbons (Fsp3) is 0.600. The Labute approximate surface area is 194 Å². The van der Waals surface area contributed by atoms with Gasteiger partial charge in [-0.3, -0.25) is 4.68 Å². The van der Waals surface area contributed by atoms with Gasteiger partial charge in [-0.05, 0) is 70.5 Å². The second-order valence-electron chi connectivity index (χ2n) is 8.24. The zero-order valence-corrected chi connectivity index (χ0v) is 21.0. The molecule has 1 unspecified atom stereocenters. The standard InChI is InChI=1S/C25H42N6O/c1-8-26-25(28-19(4)17-24-20(5)29-30(7)21(24)6)27-18-22-11-13-23(14-12-22)32-16-15-31(9-2)10-3/h11-14,19H,8-10,15-18H2,1-7H3,(H2,26,27,28). The van der Waals surface area contributed by atoms with Gasteiger partial charge in [-0.25, -0.2) is 4.99 Å². The highest BCUT2D eigenvalue weighted by atomic mass is 16.5. The number of aryl methyl sites for hydroxylation is 2. The summed E-state index contributed by atoms with van der Waals surface area (Å²) in [6.07, 6.45) is 0.912. The number of aromatic nitrogens is 2. The van der Waals surface area contributed by atoms with Crippen molar-refractivity contribution in [3.05, 3.63) is 46.8 Å². The van der Waals surface area contributed by atoms with Crippen molar-refractivity contribution in [2.24, 2.45) is 12.0 Å². The number of aliphatic imine (C=N–C) groups is 1. The largest absolute Gasteiger partial charge is 0.492 e. The van der Waals surface area contributed by atoms with Crippen molar-refractivity contribution in [1.82, 2.24) is 25.3 Å². The first-order valence-corrected chi connectivity index (χ1v) is 11.9. The summed E-state index contributed by atoms with van der Waals surface area (Å²) >= 11 is 0. The first kappa shape index (κ1) is 25.7. The number of hydrogen-bond acceptors (Lipinski definition) is 4. The van der Waals surface area contributed by atoms with Crippen LogP contribution in [-0.4, -0.2) is 59.5 Å². The zero-order valence-electron chi connectivity index (χ0n) is 21.0. The summed E-state index contributed by atoms with van der Waals surface area (Å²) in [5.74, 6) is 1.74. The summed E-state index contributed by atoms with van der Waals surface area (Å²) in [5.41, 5.74) is 4.78. The van der Waals surface area contributed by atoms with Gasteiger partial charge in [0.15, 0.2) is 5.96 Å². The molecule has 0 aliphatic rings. The molecule has 178 valence electrons. The van der Waals surface area contributed by atoms with Crippen LogP contribution in [0.25, 0.3) is 0 Å². The number of guanidine groups is 1. The Kier molecular flexibility index (Phi) is 10.5. The van der Waals surface area contributed by atoms with E-state index in [-0.39, 0.29) is 6.04 Å². The van der Waals surface area contributed by atoms with E-state index in [9.17, 15) is 0 Å². The summed E-state index contributed by atoms with van der Waals surface area (Å²) in [7, 11) is 2.00. The van der Waals surface area contributed by atoms with Crippen LogP contribution in [0.1, 0.15) is 50.2 Å². The average molecular weight is 443 g/mol. The minimum Gasteiger partial charge on any atom is -0.492 e. The summed E-state index contributed by atoms with van der Waals surface area (Å²) < 4.78 is 7.83. The SMILES string of the molecule is CCNC(=NCc1ccc(OCCN(CC)CC)cc1)NC(C)Cc1c(C)nn(C)c1C. The average Bonchev–Trinajstić information content (AvgIpc) is 3.02. The fourth-order valence-corrected chi connectivity index (χ4v) is 3.72. The van der Waals surface area contributed by atoms with Gasteiger partial charge >= 0.3 is 0 Å². The molecule has 2 N–H and O–H groups in total. The minimum absolute atomic E-state index is 0.246. The topological polar surface area (TPSA) is 66.7 Å². The van der Waals surface area contributed by atoms with E-state index in [0.29, 0.717) is 13.2 Å². The fourth-order valence-electron chi connectivity index (χ4n) is 3.72. The van der Waals surface area contributed by atoms with Crippen molar-refractivity contribution in [1.29, 1.82) is 0 Å². The maximum absolute atomic E-state index is 5.88. The van der Waals surface area contributed by atoms with Gasteiger partial charge in [0.2, 0.25) is 0 Å². The molecular formula is C25H42N6O. The first-order valence-electron chi connectivity index (χ1n) is 11.9. The number of hydrogen-bond donors (Lipinski definition) is 2. The molecule has 0 saturated heterocycles. The van der Waals surface area contributed by atoms with Gasteiger partial charge in [0.05, 0.1) is 12.2 Å². The van der Waals surface area contributed by atoms with Crippen LogP contribution in [0.2, 0.25) is 0 Å². The normalized spacial score (nSPS) is 12.8. The Hall–Kier alpha value is -2.54.